The third-order valence-corrected chi connectivity index (χ3v) is 7.55. The van der Waals surface area contributed by atoms with Crippen molar-refractivity contribution in [2.24, 2.45) is 5.92 Å². The van der Waals surface area contributed by atoms with Crippen molar-refractivity contribution in [1.29, 1.82) is 0 Å². The van der Waals surface area contributed by atoms with E-state index in [0.717, 1.165) is 21.5 Å². The van der Waals surface area contributed by atoms with Crippen LogP contribution >= 0.6 is 11.3 Å². The number of carbonyl (C=O) groups excluding carboxylic acids is 1. The Morgan fingerprint density at radius 3 is 2.57 bits per heavy atom. The van der Waals surface area contributed by atoms with Crippen LogP contribution in [0.25, 0.3) is 10.3 Å². The van der Waals surface area contributed by atoms with Gasteiger partial charge >= 0.3 is 6.18 Å². The van der Waals surface area contributed by atoms with Gasteiger partial charge in [0, 0.05) is 20.0 Å². The number of nitrogens with one attached hydrogen (secondary N) is 1. The largest absolute Gasteiger partial charge is 0.449 e. The number of piperidine rings is 1. The molecule has 0 spiro atoms. The normalized spacial score (nSPS) is 15.9. The standard InChI is InChI=1S/C24H28F3N5O2S/c1-15(18(33)9-8-16-6-4-3-5-7-16)31(2)23-29-19-20(35-23)30-22(24(25,26)27)32(21(19)34)14-17-10-12-28-13-11-17/h3-7,15,17,28H,8-14H2,1-2H3/t15-/m1/s1. The molecule has 0 aliphatic carbocycles. The monoisotopic (exact) mass is 507 g/mol. The van der Waals surface area contributed by atoms with Crippen LogP contribution in [-0.4, -0.2) is 46.5 Å². The second kappa shape index (κ2) is 10.4. The molecule has 4 rings (SSSR count). The Morgan fingerprint density at radius 1 is 1.23 bits per heavy atom. The van der Waals surface area contributed by atoms with Crippen LogP contribution in [0, 0.1) is 5.92 Å². The fourth-order valence-corrected chi connectivity index (χ4v) is 5.23. The number of Topliss-reactive ketones (excluding diaryl/α,β-unsaturated/α-hetero) is 1. The maximum Gasteiger partial charge on any atom is 0.449 e. The number of aromatic nitrogens is 3. The zero-order chi connectivity index (χ0) is 25.2. The number of hydrogen-bond acceptors (Lipinski definition) is 7. The molecule has 7 nitrogen and oxygen atoms in total. The molecule has 1 fully saturated rings. The molecule has 0 unspecified atom stereocenters. The van der Waals surface area contributed by atoms with E-state index in [2.05, 4.69) is 15.3 Å². The molecule has 1 aliphatic heterocycles. The minimum absolute atomic E-state index is 0.0251. The van der Waals surface area contributed by atoms with E-state index in [4.69, 9.17) is 0 Å². The van der Waals surface area contributed by atoms with Crippen LogP contribution in [0.1, 0.15) is 37.6 Å². The summed E-state index contributed by atoms with van der Waals surface area (Å²) in [4.78, 5) is 35.6. The van der Waals surface area contributed by atoms with Crippen molar-refractivity contribution < 1.29 is 18.0 Å². The summed E-state index contributed by atoms with van der Waals surface area (Å²) < 4.78 is 42.2. The van der Waals surface area contributed by atoms with E-state index >= 15 is 0 Å². The van der Waals surface area contributed by atoms with Crippen LogP contribution in [0.15, 0.2) is 35.1 Å². The molecule has 0 bridgehead atoms. The third-order valence-electron chi connectivity index (χ3n) is 6.51. The van der Waals surface area contributed by atoms with Crippen LogP contribution in [0.4, 0.5) is 18.3 Å². The van der Waals surface area contributed by atoms with Gasteiger partial charge in [-0.15, -0.1) is 0 Å². The number of fused-ring (bicyclic) bond motifs is 1. The van der Waals surface area contributed by atoms with Crippen molar-refractivity contribution in [2.75, 3.05) is 25.0 Å². The average Bonchev–Trinajstić information content (AvgIpc) is 3.28. The number of carbonyl (C=O) groups is 1. The van der Waals surface area contributed by atoms with Gasteiger partial charge in [-0.2, -0.15) is 13.2 Å². The fourth-order valence-electron chi connectivity index (χ4n) is 4.26. The lowest BCUT2D eigenvalue weighted by Gasteiger charge is -2.24. The highest BCUT2D eigenvalue weighted by molar-refractivity contribution is 7.21. The predicted molar refractivity (Wildman–Crippen MR) is 130 cm³/mol. The summed E-state index contributed by atoms with van der Waals surface area (Å²) in [5.74, 6) is -1.27. The summed E-state index contributed by atoms with van der Waals surface area (Å²) in [5, 5.41) is 3.46. The lowest BCUT2D eigenvalue weighted by Crippen LogP contribution is -2.36. The summed E-state index contributed by atoms with van der Waals surface area (Å²) in [5.41, 5.74) is 0.163. The lowest BCUT2D eigenvalue weighted by molar-refractivity contribution is -0.148. The van der Waals surface area contributed by atoms with Crippen molar-refractivity contribution in [2.45, 2.75) is 51.4 Å². The number of thiazole rings is 1. The molecule has 11 heteroatoms. The average molecular weight is 508 g/mol. The molecule has 1 aliphatic rings. The summed E-state index contributed by atoms with van der Waals surface area (Å²) in [7, 11) is 1.65. The maximum atomic E-state index is 13.8. The van der Waals surface area contributed by atoms with Gasteiger partial charge in [-0.05, 0) is 50.8 Å². The maximum absolute atomic E-state index is 13.8. The van der Waals surface area contributed by atoms with E-state index in [9.17, 15) is 22.8 Å². The van der Waals surface area contributed by atoms with Crippen molar-refractivity contribution in [1.82, 2.24) is 19.9 Å². The van der Waals surface area contributed by atoms with Crippen LogP contribution in [-0.2, 0) is 23.9 Å². The van der Waals surface area contributed by atoms with Gasteiger partial charge in [-0.25, -0.2) is 9.97 Å². The molecular formula is C24H28F3N5O2S. The van der Waals surface area contributed by atoms with E-state index in [1.165, 1.54) is 0 Å². The number of hydrogen-bond donors (Lipinski definition) is 1. The Balaban J connectivity index is 1.59. The molecule has 0 amide bonds. The molecule has 188 valence electrons. The molecule has 3 heterocycles. The van der Waals surface area contributed by atoms with Gasteiger partial charge in [0.15, 0.2) is 21.3 Å². The number of anilines is 1. The van der Waals surface area contributed by atoms with Gasteiger partial charge in [0.25, 0.3) is 5.56 Å². The van der Waals surface area contributed by atoms with E-state index in [1.54, 1.807) is 18.9 Å². The SMILES string of the molecule is C[C@H](C(=O)CCc1ccccc1)N(C)c1nc2c(=O)n(CC3CCNCC3)c(C(F)(F)F)nc2s1. The molecule has 3 aromatic rings. The van der Waals surface area contributed by atoms with Crippen LogP contribution < -0.4 is 15.8 Å². The smallest absolute Gasteiger partial charge is 0.341 e. The first-order valence-electron chi connectivity index (χ1n) is 11.6. The number of aryl methyl sites for hydroxylation is 1. The molecule has 1 saturated heterocycles. The first-order chi connectivity index (χ1) is 16.6. The minimum atomic E-state index is -4.77. The number of ketones is 1. The Morgan fingerprint density at radius 2 is 1.91 bits per heavy atom. The zero-order valence-corrected chi connectivity index (χ0v) is 20.5. The number of benzene rings is 1. The van der Waals surface area contributed by atoms with Gasteiger partial charge in [0.2, 0.25) is 5.82 Å². The Labute approximate surface area is 205 Å². The van der Waals surface area contributed by atoms with E-state index in [0.29, 0.717) is 38.8 Å². The topological polar surface area (TPSA) is 80.1 Å². The van der Waals surface area contributed by atoms with Crippen molar-refractivity contribution >= 4 is 32.6 Å². The van der Waals surface area contributed by atoms with Crippen molar-refractivity contribution in [3.05, 3.63) is 52.1 Å². The Kier molecular flexibility index (Phi) is 7.56. The number of nitrogens with zero attached hydrogens (tertiary/aromatic N) is 4. The van der Waals surface area contributed by atoms with E-state index < -0.39 is 23.6 Å². The Hall–Kier alpha value is -2.79. The highest BCUT2D eigenvalue weighted by atomic mass is 32.1. The van der Waals surface area contributed by atoms with Crippen LogP contribution in [0.3, 0.4) is 0 Å². The zero-order valence-electron chi connectivity index (χ0n) is 19.6. The summed E-state index contributed by atoms with van der Waals surface area (Å²) in [6.45, 7) is 3.09. The van der Waals surface area contributed by atoms with E-state index in [-0.39, 0.29) is 33.7 Å². The summed E-state index contributed by atoms with van der Waals surface area (Å²) >= 11 is 0.893. The molecule has 35 heavy (non-hydrogen) atoms. The first-order valence-corrected chi connectivity index (χ1v) is 12.5. The summed E-state index contributed by atoms with van der Waals surface area (Å²) in [6.07, 6.45) is -2.47. The first kappa shape index (κ1) is 25.3. The van der Waals surface area contributed by atoms with Gasteiger partial charge in [-0.1, -0.05) is 41.7 Å². The van der Waals surface area contributed by atoms with Gasteiger partial charge in [0.05, 0.1) is 6.04 Å². The lowest BCUT2D eigenvalue weighted by atomic mass is 9.98. The predicted octanol–water partition coefficient (Wildman–Crippen LogP) is 3.90. The van der Waals surface area contributed by atoms with Gasteiger partial charge in [0.1, 0.15) is 0 Å². The number of likely N-dealkylation sites (N-methyl/N-ethyl adjacent to an activating group) is 1. The number of rotatable bonds is 8. The Bertz CT molecular complexity index is 1240. The minimum Gasteiger partial charge on any atom is -0.341 e. The van der Waals surface area contributed by atoms with Crippen LogP contribution in [0.5, 0.6) is 0 Å². The fraction of sp³-hybridized carbons (Fsp3) is 0.500. The van der Waals surface area contributed by atoms with Crippen molar-refractivity contribution in [3.8, 4) is 0 Å². The molecular weight excluding hydrogens is 479 g/mol. The highest BCUT2D eigenvalue weighted by Gasteiger charge is 2.38. The van der Waals surface area contributed by atoms with Crippen LogP contribution in [0.2, 0.25) is 0 Å². The number of alkyl halides is 3. The second-order valence-corrected chi connectivity index (χ2v) is 9.89. The second-order valence-electron chi connectivity index (χ2n) is 8.93. The molecule has 0 saturated carbocycles. The van der Waals surface area contributed by atoms with Gasteiger partial charge < -0.3 is 10.2 Å². The molecule has 1 atom stereocenters. The quantitative estimate of drug-likeness (QED) is 0.498. The molecule has 2 aromatic heterocycles. The van der Waals surface area contributed by atoms with Gasteiger partial charge in [-0.3, -0.25) is 14.2 Å². The summed E-state index contributed by atoms with van der Waals surface area (Å²) in [6, 6.07) is 9.08. The third kappa shape index (κ3) is 5.72. The number of halogens is 3. The van der Waals surface area contributed by atoms with Crippen molar-refractivity contribution in [3.63, 3.8) is 0 Å². The molecule has 1 N–H and O–H groups in total. The van der Waals surface area contributed by atoms with E-state index in [1.807, 2.05) is 30.3 Å². The highest BCUT2D eigenvalue weighted by Crippen LogP contribution is 2.32. The molecule has 0 radical (unpaired) electrons. The molecule has 1 aromatic carbocycles.